The molecule has 0 atom stereocenters. The molecule has 0 radical (unpaired) electrons. The van der Waals surface area contributed by atoms with Gasteiger partial charge in [0, 0.05) is 12.7 Å². The van der Waals surface area contributed by atoms with Crippen molar-refractivity contribution in [2.24, 2.45) is 0 Å². The molecule has 2 rings (SSSR count). The van der Waals surface area contributed by atoms with E-state index in [0.29, 0.717) is 5.69 Å². The minimum atomic E-state index is -0.301. The van der Waals surface area contributed by atoms with Crippen LogP contribution in [0.25, 0.3) is 0 Å². The fraction of sp³-hybridized carbons (Fsp3) is 0.0833. The number of amides is 1. The summed E-state index contributed by atoms with van der Waals surface area (Å²) >= 11 is 5.60. The maximum absolute atomic E-state index is 12.1. The molecule has 0 aliphatic carbocycles. The second kappa shape index (κ2) is 5.01. The quantitative estimate of drug-likeness (QED) is 0.901. The van der Waals surface area contributed by atoms with E-state index in [2.05, 4.69) is 9.97 Å². The Morgan fingerprint density at radius 1 is 1.22 bits per heavy atom. The predicted molar refractivity (Wildman–Crippen MR) is 67.9 cm³/mol. The highest BCUT2D eigenvalue weighted by Gasteiger charge is 2.15. The number of phenolic OH excluding ortho intramolecular Hbond substituents is 1. The van der Waals surface area contributed by atoms with Gasteiger partial charge in [-0.25, -0.2) is 9.97 Å². The number of nitrogens with zero attached hydrogens (tertiary/aromatic N) is 3. The van der Waals surface area contributed by atoms with E-state index in [0.717, 1.165) is 0 Å². The molecule has 2 aromatic rings. The zero-order chi connectivity index (χ0) is 13.1. The summed E-state index contributed by atoms with van der Waals surface area (Å²) in [4.78, 5) is 21.2. The van der Waals surface area contributed by atoms with Crippen LogP contribution in [0.15, 0.2) is 36.7 Å². The van der Waals surface area contributed by atoms with Crippen LogP contribution >= 0.6 is 11.6 Å². The molecule has 0 aliphatic rings. The first-order chi connectivity index (χ1) is 8.58. The maximum Gasteiger partial charge on any atom is 0.278 e. The van der Waals surface area contributed by atoms with Gasteiger partial charge in [0.05, 0.1) is 12.4 Å². The van der Waals surface area contributed by atoms with E-state index >= 15 is 0 Å². The number of phenols is 1. The molecule has 1 amide bonds. The zero-order valence-electron chi connectivity index (χ0n) is 9.54. The summed E-state index contributed by atoms with van der Waals surface area (Å²) in [5, 5.41) is 9.42. The number of hydrogen-bond donors (Lipinski definition) is 1. The van der Waals surface area contributed by atoms with Crippen LogP contribution in [0.1, 0.15) is 10.5 Å². The fourth-order valence-electron chi connectivity index (χ4n) is 1.39. The average molecular weight is 264 g/mol. The van der Waals surface area contributed by atoms with E-state index in [1.165, 1.54) is 29.4 Å². The van der Waals surface area contributed by atoms with Gasteiger partial charge in [0.1, 0.15) is 16.6 Å². The van der Waals surface area contributed by atoms with Crippen LogP contribution < -0.4 is 4.90 Å². The molecular weight excluding hydrogens is 254 g/mol. The smallest absolute Gasteiger partial charge is 0.278 e. The minimum absolute atomic E-state index is 0.144. The predicted octanol–water partition coefficient (Wildman–Crippen LogP) is 2.11. The van der Waals surface area contributed by atoms with Crippen molar-refractivity contribution in [2.45, 2.75) is 0 Å². The molecule has 18 heavy (non-hydrogen) atoms. The summed E-state index contributed by atoms with van der Waals surface area (Å²) in [6.07, 6.45) is 2.64. The number of benzene rings is 1. The molecule has 0 fully saturated rings. The van der Waals surface area contributed by atoms with Gasteiger partial charge in [0.2, 0.25) is 0 Å². The summed E-state index contributed by atoms with van der Waals surface area (Å²) in [5.74, 6) is -0.157. The molecule has 0 spiro atoms. The lowest BCUT2D eigenvalue weighted by Gasteiger charge is -2.16. The first-order valence-electron chi connectivity index (χ1n) is 5.12. The minimum Gasteiger partial charge on any atom is -0.508 e. The Labute approximate surface area is 109 Å². The number of rotatable bonds is 2. The van der Waals surface area contributed by atoms with E-state index in [-0.39, 0.29) is 22.5 Å². The third kappa shape index (κ3) is 2.57. The average Bonchev–Trinajstić information content (AvgIpc) is 2.39. The molecule has 0 unspecified atom stereocenters. The molecule has 1 N–H and O–H groups in total. The second-order valence-corrected chi connectivity index (χ2v) is 3.99. The molecule has 0 bridgehead atoms. The lowest BCUT2D eigenvalue weighted by molar-refractivity contribution is 0.0988. The van der Waals surface area contributed by atoms with Gasteiger partial charge in [-0.05, 0) is 24.3 Å². The Kier molecular flexibility index (Phi) is 3.43. The van der Waals surface area contributed by atoms with Crippen molar-refractivity contribution in [1.29, 1.82) is 0 Å². The molecule has 1 aromatic carbocycles. The van der Waals surface area contributed by atoms with Crippen molar-refractivity contribution >= 4 is 23.2 Å². The van der Waals surface area contributed by atoms with Crippen LogP contribution in [-0.2, 0) is 0 Å². The number of halogens is 1. The van der Waals surface area contributed by atoms with Crippen molar-refractivity contribution in [3.05, 3.63) is 47.5 Å². The van der Waals surface area contributed by atoms with E-state index in [1.54, 1.807) is 19.2 Å². The summed E-state index contributed by atoms with van der Waals surface area (Å²) in [7, 11) is 1.62. The Morgan fingerprint density at radius 2 is 1.89 bits per heavy atom. The Bertz CT molecular complexity index is 555. The number of hydrogen-bond acceptors (Lipinski definition) is 4. The largest absolute Gasteiger partial charge is 0.508 e. The SMILES string of the molecule is CN(C(=O)c1cnc(Cl)cn1)c1ccc(O)cc1. The molecule has 1 heterocycles. The molecule has 5 nitrogen and oxygen atoms in total. The molecule has 0 saturated carbocycles. The van der Waals surface area contributed by atoms with Crippen LogP contribution in [0.5, 0.6) is 5.75 Å². The van der Waals surface area contributed by atoms with Crippen LogP contribution in [-0.4, -0.2) is 28.0 Å². The van der Waals surface area contributed by atoms with Crippen LogP contribution in [0.2, 0.25) is 5.15 Å². The van der Waals surface area contributed by atoms with E-state index < -0.39 is 0 Å². The summed E-state index contributed by atoms with van der Waals surface area (Å²) in [6, 6.07) is 6.28. The maximum atomic E-state index is 12.1. The van der Waals surface area contributed by atoms with Gasteiger partial charge >= 0.3 is 0 Å². The first-order valence-corrected chi connectivity index (χ1v) is 5.50. The highest BCUT2D eigenvalue weighted by atomic mass is 35.5. The number of aromatic hydroxyl groups is 1. The highest BCUT2D eigenvalue weighted by Crippen LogP contribution is 2.18. The number of carbonyl (C=O) groups excluding carboxylic acids is 1. The molecule has 0 aliphatic heterocycles. The van der Waals surface area contributed by atoms with Crippen LogP contribution in [0.4, 0.5) is 5.69 Å². The van der Waals surface area contributed by atoms with Crippen LogP contribution in [0, 0.1) is 0 Å². The Hall–Kier alpha value is -2.14. The summed E-state index contributed by atoms with van der Waals surface area (Å²) in [6.45, 7) is 0. The Balaban J connectivity index is 2.23. The fourth-order valence-corrected chi connectivity index (χ4v) is 1.49. The second-order valence-electron chi connectivity index (χ2n) is 3.60. The zero-order valence-corrected chi connectivity index (χ0v) is 10.3. The highest BCUT2D eigenvalue weighted by molar-refractivity contribution is 6.29. The van der Waals surface area contributed by atoms with Crippen molar-refractivity contribution in [3.63, 3.8) is 0 Å². The van der Waals surface area contributed by atoms with Crippen molar-refractivity contribution in [3.8, 4) is 5.75 Å². The molecule has 6 heteroatoms. The molecule has 92 valence electrons. The van der Waals surface area contributed by atoms with Crippen molar-refractivity contribution in [1.82, 2.24) is 9.97 Å². The third-order valence-corrected chi connectivity index (χ3v) is 2.58. The topological polar surface area (TPSA) is 66.3 Å². The number of aromatic nitrogens is 2. The molecule has 1 aromatic heterocycles. The monoisotopic (exact) mass is 263 g/mol. The standard InChI is InChI=1S/C12H10ClN3O2/c1-16(8-2-4-9(17)5-3-8)12(18)10-6-15-11(13)7-14-10/h2-7,17H,1H3. The van der Waals surface area contributed by atoms with Gasteiger partial charge in [0.15, 0.2) is 0 Å². The van der Waals surface area contributed by atoms with Gasteiger partial charge in [-0.2, -0.15) is 0 Å². The van der Waals surface area contributed by atoms with Gasteiger partial charge < -0.3 is 10.0 Å². The normalized spacial score (nSPS) is 10.1. The van der Waals surface area contributed by atoms with Crippen molar-refractivity contribution < 1.29 is 9.90 Å². The van der Waals surface area contributed by atoms with E-state index in [1.807, 2.05) is 0 Å². The van der Waals surface area contributed by atoms with Gasteiger partial charge in [-0.3, -0.25) is 4.79 Å². The van der Waals surface area contributed by atoms with E-state index in [9.17, 15) is 9.90 Å². The van der Waals surface area contributed by atoms with Crippen molar-refractivity contribution in [2.75, 3.05) is 11.9 Å². The third-order valence-electron chi connectivity index (χ3n) is 2.38. The van der Waals surface area contributed by atoms with Gasteiger partial charge in [0.25, 0.3) is 5.91 Å². The molecular formula is C12H10ClN3O2. The lowest BCUT2D eigenvalue weighted by Crippen LogP contribution is -2.27. The van der Waals surface area contributed by atoms with Crippen LogP contribution in [0.3, 0.4) is 0 Å². The first kappa shape index (κ1) is 12.3. The van der Waals surface area contributed by atoms with Gasteiger partial charge in [-0.1, -0.05) is 11.6 Å². The van der Waals surface area contributed by atoms with E-state index in [4.69, 9.17) is 11.6 Å². The Morgan fingerprint density at radius 3 is 2.44 bits per heavy atom. The summed E-state index contributed by atoms with van der Waals surface area (Å²) in [5.41, 5.74) is 0.851. The summed E-state index contributed by atoms with van der Waals surface area (Å²) < 4.78 is 0. The lowest BCUT2D eigenvalue weighted by atomic mass is 10.2. The number of anilines is 1. The number of carbonyl (C=O) groups is 1. The van der Waals surface area contributed by atoms with Gasteiger partial charge in [-0.15, -0.1) is 0 Å². The molecule has 0 saturated heterocycles.